The number of aromatic nitrogens is 2. The first-order chi connectivity index (χ1) is 8.59. The van der Waals surface area contributed by atoms with Crippen LogP contribution in [0, 0.1) is 19.8 Å². The fourth-order valence-electron chi connectivity index (χ4n) is 2.45. The lowest BCUT2D eigenvalue weighted by atomic mass is 9.89. The lowest BCUT2D eigenvalue weighted by Crippen LogP contribution is -2.12. The molecular formula is C14H19BrN2O. The number of hydrogen-bond donors (Lipinski definition) is 0. The third-order valence-corrected chi connectivity index (χ3v) is 4.72. The summed E-state index contributed by atoms with van der Waals surface area (Å²) in [5.41, 5.74) is 1.72. The van der Waals surface area contributed by atoms with Gasteiger partial charge in [0.25, 0.3) is 5.91 Å². The summed E-state index contributed by atoms with van der Waals surface area (Å²) in [6.07, 6.45) is 10.1. The Morgan fingerprint density at radius 3 is 2.56 bits per heavy atom. The normalized spacial score (nSPS) is 17.5. The Bertz CT molecular complexity index is 470. The highest BCUT2D eigenvalue weighted by Crippen LogP contribution is 2.25. The highest BCUT2D eigenvalue weighted by Gasteiger charge is 2.14. The van der Waals surface area contributed by atoms with E-state index >= 15 is 0 Å². The fourth-order valence-corrected chi connectivity index (χ4v) is 2.70. The van der Waals surface area contributed by atoms with E-state index < -0.39 is 0 Å². The van der Waals surface area contributed by atoms with E-state index in [2.05, 4.69) is 27.1 Å². The summed E-state index contributed by atoms with van der Waals surface area (Å²) in [4.78, 5) is 12.1. The van der Waals surface area contributed by atoms with Crippen LogP contribution in [0.25, 0.3) is 0 Å². The molecule has 0 N–H and O–H groups in total. The molecule has 0 atom stereocenters. The molecule has 98 valence electrons. The molecule has 2 rings (SSSR count). The molecule has 4 heteroatoms. The Morgan fingerprint density at radius 1 is 1.33 bits per heavy atom. The molecule has 1 saturated carbocycles. The second-order valence-corrected chi connectivity index (χ2v) is 5.79. The third-order valence-electron chi connectivity index (χ3n) is 3.57. The van der Waals surface area contributed by atoms with Crippen molar-refractivity contribution in [3.8, 4) is 0 Å². The maximum Gasteiger partial charge on any atom is 0.270 e. The van der Waals surface area contributed by atoms with Crippen LogP contribution in [0.2, 0.25) is 0 Å². The summed E-state index contributed by atoms with van der Waals surface area (Å²) in [7, 11) is 0. The Kier molecular flexibility index (Phi) is 4.38. The molecule has 0 bridgehead atoms. The van der Waals surface area contributed by atoms with Crippen molar-refractivity contribution in [3.05, 3.63) is 28.0 Å². The molecule has 1 aliphatic rings. The molecule has 0 aromatic carbocycles. The Hall–Kier alpha value is -0.900. The number of allylic oxidation sites excluding steroid dienone is 2. The van der Waals surface area contributed by atoms with Crippen LogP contribution in [0.3, 0.4) is 0 Å². The number of carbonyl (C=O) groups excluding carboxylic acids is 1. The van der Waals surface area contributed by atoms with Gasteiger partial charge in [0.15, 0.2) is 0 Å². The van der Waals surface area contributed by atoms with Crippen molar-refractivity contribution >= 4 is 21.8 Å². The zero-order chi connectivity index (χ0) is 13.1. The Labute approximate surface area is 116 Å². The van der Waals surface area contributed by atoms with Gasteiger partial charge in [-0.15, -0.1) is 0 Å². The van der Waals surface area contributed by atoms with Crippen molar-refractivity contribution in [3.63, 3.8) is 0 Å². The second kappa shape index (κ2) is 5.83. The highest BCUT2D eigenvalue weighted by molar-refractivity contribution is 9.10. The average molecular weight is 311 g/mol. The van der Waals surface area contributed by atoms with E-state index in [1.54, 1.807) is 6.08 Å². The molecule has 0 radical (unpaired) electrons. The van der Waals surface area contributed by atoms with Crippen molar-refractivity contribution in [2.45, 2.75) is 46.0 Å². The molecule has 1 aromatic rings. The van der Waals surface area contributed by atoms with E-state index in [0.29, 0.717) is 5.92 Å². The van der Waals surface area contributed by atoms with Crippen molar-refractivity contribution in [1.29, 1.82) is 0 Å². The monoisotopic (exact) mass is 310 g/mol. The summed E-state index contributed by atoms with van der Waals surface area (Å²) in [6.45, 7) is 3.79. The van der Waals surface area contributed by atoms with Crippen LogP contribution in [0.1, 0.15) is 48.3 Å². The molecule has 0 spiro atoms. The second-order valence-electron chi connectivity index (χ2n) is 4.99. The van der Waals surface area contributed by atoms with Gasteiger partial charge in [0.1, 0.15) is 0 Å². The van der Waals surface area contributed by atoms with Gasteiger partial charge in [0.05, 0.1) is 15.9 Å². The van der Waals surface area contributed by atoms with Gasteiger partial charge in [-0.1, -0.05) is 25.3 Å². The molecule has 3 nitrogen and oxygen atoms in total. The molecule has 1 aromatic heterocycles. The maximum atomic E-state index is 12.1. The summed E-state index contributed by atoms with van der Waals surface area (Å²) in [5.74, 6) is 0.523. The predicted octanol–water partition coefficient (Wildman–Crippen LogP) is 4.04. The van der Waals surface area contributed by atoms with Gasteiger partial charge < -0.3 is 0 Å². The molecule has 0 saturated heterocycles. The minimum atomic E-state index is -0.0492. The van der Waals surface area contributed by atoms with E-state index in [1.165, 1.54) is 36.8 Å². The smallest absolute Gasteiger partial charge is 0.267 e. The van der Waals surface area contributed by atoms with Gasteiger partial charge >= 0.3 is 0 Å². The first-order valence-corrected chi connectivity index (χ1v) is 7.33. The number of rotatable bonds is 2. The highest BCUT2D eigenvalue weighted by atomic mass is 79.9. The van der Waals surface area contributed by atoms with E-state index in [4.69, 9.17) is 0 Å². The topological polar surface area (TPSA) is 34.9 Å². The summed E-state index contributed by atoms with van der Waals surface area (Å²) in [6, 6.07) is 0. The quantitative estimate of drug-likeness (QED) is 0.773. The largest absolute Gasteiger partial charge is 0.270 e. The minimum Gasteiger partial charge on any atom is -0.267 e. The van der Waals surface area contributed by atoms with Crippen LogP contribution in [0.5, 0.6) is 0 Å². The molecule has 0 aliphatic heterocycles. The SMILES string of the molecule is Cc1nn(C(=O)/C=C/C2CCCCC2)c(C)c1Br. The van der Waals surface area contributed by atoms with Gasteiger partial charge in [-0.2, -0.15) is 5.10 Å². The number of halogens is 1. The number of hydrogen-bond acceptors (Lipinski definition) is 2. The summed E-state index contributed by atoms with van der Waals surface area (Å²) in [5, 5.41) is 4.24. The van der Waals surface area contributed by atoms with Crippen molar-refractivity contribution in [2.75, 3.05) is 0 Å². The van der Waals surface area contributed by atoms with Crippen LogP contribution >= 0.6 is 15.9 Å². The summed E-state index contributed by atoms with van der Waals surface area (Å²) >= 11 is 3.44. The van der Waals surface area contributed by atoms with Crippen molar-refractivity contribution in [1.82, 2.24) is 9.78 Å². The standard InChI is InChI=1S/C14H19BrN2O/c1-10-14(15)11(2)17(16-10)13(18)9-8-12-6-4-3-5-7-12/h8-9,12H,3-7H2,1-2H3/b9-8+. The zero-order valence-electron chi connectivity index (χ0n) is 10.9. The van der Waals surface area contributed by atoms with Gasteiger partial charge in [0.2, 0.25) is 0 Å². The fraction of sp³-hybridized carbons (Fsp3) is 0.571. The lowest BCUT2D eigenvalue weighted by Gasteiger charge is -2.17. The predicted molar refractivity (Wildman–Crippen MR) is 75.7 cm³/mol. The first kappa shape index (κ1) is 13.5. The first-order valence-electron chi connectivity index (χ1n) is 6.54. The third kappa shape index (κ3) is 2.91. The van der Waals surface area contributed by atoms with Crippen LogP contribution in [-0.4, -0.2) is 15.7 Å². The molecule has 0 unspecified atom stereocenters. The van der Waals surface area contributed by atoms with Crippen molar-refractivity contribution < 1.29 is 4.79 Å². The number of carbonyl (C=O) groups is 1. The van der Waals surface area contributed by atoms with E-state index in [1.807, 2.05) is 13.8 Å². The Morgan fingerprint density at radius 2 is 2.00 bits per heavy atom. The van der Waals surface area contributed by atoms with Gasteiger partial charge in [-0.25, -0.2) is 4.68 Å². The van der Waals surface area contributed by atoms with Crippen LogP contribution in [0.15, 0.2) is 16.6 Å². The van der Waals surface area contributed by atoms with Crippen molar-refractivity contribution in [2.24, 2.45) is 5.92 Å². The summed E-state index contributed by atoms with van der Waals surface area (Å²) < 4.78 is 2.39. The Balaban J connectivity index is 2.07. The zero-order valence-corrected chi connectivity index (χ0v) is 12.5. The minimum absolute atomic E-state index is 0.0492. The molecular weight excluding hydrogens is 292 g/mol. The lowest BCUT2D eigenvalue weighted by molar-refractivity contribution is 0.0950. The molecule has 1 fully saturated rings. The van der Waals surface area contributed by atoms with Crippen LogP contribution < -0.4 is 0 Å². The molecule has 1 aliphatic carbocycles. The molecule has 18 heavy (non-hydrogen) atoms. The molecule has 0 amide bonds. The van der Waals surface area contributed by atoms with Gasteiger partial charge in [-0.3, -0.25) is 4.79 Å². The van der Waals surface area contributed by atoms with Gasteiger partial charge in [0, 0.05) is 6.08 Å². The van der Waals surface area contributed by atoms with E-state index in [9.17, 15) is 4.79 Å². The number of nitrogens with zero attached hydrogens (tertiary/aromatic N) is 2. The maximum absolute atomic E-state index is 12.1. The average Bonchev–Trinajstić information content (AvgIpc) is 2.65. The molecule has 1 heterocycles. The van der Waals surface area contributed by atoms with Gasteiger partial charge in [-0.05, 0) is 48.5 Å². The van der Waals surface area contributed by atoms with Crippen LogP contribution in [0.4, 0.5) is 0 Å². The number of aryl methyl sites for hydroxylation is 1. The van der Waals surface area contributed by atoms with Crippen LogP contribution in [-0.2, 0) is 0 Å². The van der Waals surface area contributed by atoms with E-state index in [0.717, 1.165) is 15.9 Å². The van der Waals surface area contributed by atoms with E-state index in [-0.39, 0.29) is 5.91 Å².